The maximum atomic E-state index is 13.7. The Kier molecular flexibility index (Phi) is 6.84. The minimum absolute atomic E-state index is 0.0323. The predicted molar refractivity (Wildman–Crippen MR) is 104 cm³/mol. The molecule has 0 radical (unpaired) electrons. The van der Waals surface area contributed by atoms with E-state index in [1.807, 2.05) is 22.6 Å². The van der Waals surface area contributed by atoms with Crippen LogP contribution in [0.3, 0.4) is 0 Å². The van der Waals surface area contributed by atoms with Gasteiger partial charge in [0.05, 0.1) is 18.8 Å². The van der Waals surface area contributed by atoms with Gasteiger partial charge in [-0.1, -0.05) is 13.8 Å². The first-order valence-corrected chi connectivity index (χ1v) is 9.36. The summed E-state index contributed by atoms with van der Waals surface area (Å²) in [7, 11) is 1.33. The van der Waals surface area contributed by atoms with Gasteiger partial charge in [-0.25, -0.2) is 14.0 Å². The molecule has 2 rings (SSSR count). The van der Waals surface area contributed by atoms with Crippen LogP contribution in [0.1, 0.15) is 13.8 Å². The first kappa shape index (κ1) is 21.2. The number of carboxylic acid groups (broad SMARTS) is 1. The highest BCUT2D eigenvalue weighted by Gasteiger charge is 2.35. The molecule has 10 heteroatoms. The Bertz CT molecular complexity index is 745. The lowest BCUT2D eigenvalue weighted by Gasteiger charge is -2.28. The van der Waals surface area contributed by atoms with Crippen LogP contribution in [0.5, 0.6) is 0 Å². The number of carbonyl (C=O) groups is 3. The molecule has 1 aliphatic heterocycles. The number of rotatable bonds is 6. The van der Waals surface area contributed by atoms with E-state index >= 15 is 0 Å². The SMILES string of the molecule is CC(C)[C@@H](C(=O)NC[C@H]1CN(c2ccc(I)c(F)c2)C(=O)O1)N(C)C(=O)O. The fraction of sp³-hybridized carbons (Fsp3) is 0.471. The number of carbonyl (C=O) groups excluding carboxylic acids is 2. The first-order valence-electron chi connectivity index (χ1n) is 8.28. The molecule has 0 aromatic heterocycles. The average Bonchev–Trinajstić information content (AvgIpc) is 2.96. The van der Waals surface area contributed by atoms with Gasteiger partial charge in [0.15, 0.2) is 0 Å². The third kappa shape index (κ3) is 4.99. The van der Waals surface area contributed by atoms with Gasteiger partial charge in [-0.2, -0.15) is 0 Å². The summed E-state index contributed by atoms with van der Waals surface area (Å²) in [6.07, 6.45) is -2.45. The predicted octanol–water partition coefficient (Wildman–Crippen LogP) is 2.51. The van der Waals surface area contributed by atoms with Gasteiger partial charge in [0.2, 0.25) is 5.91 Å². The van der Waals surface area contributed by atoms with Crippen LogP contribution < -0.4 is 10.2 Å². The van der Waals surface area contributed by atoms with Crippen LogP contribution in [0.25, 0.3) is 0 Å². The van der Waals surface area contributed by atoms with Crippen molar-refractivity contribution in [1.29, 1.82) is 0 Å². The Morgan fingerprint density at radius 2 is 2.15 bits per heavy atom. The summed E-state index contributed by atoms with van der Waals surface area (Å²) in [6.45, 7) is 3.67. The van der Waals surface area contributed by atoms with Crippen LogP contribution >= 0.6 is 22.6 Å². The zero-order valence-corrected chi connectivity index (χ0v) is 17.3. The minimum Gasteiger partial charge on any atom is -0.465 e. The van der Waals surface area contributed by atoms with E-state index in [-0.39, 0.29) is 19.0 Å². The van der Waals surface area contributed by atoms with Gasteiger partial charge in [-0.15, -0.1) is 0 Å². The van der Waals surface area contributed by atoms with E-state index in [0.29, 0.717) is 9.26 Å². The molecule has 1 aromatic rings. The number of hydrogen-bond acceptors (Lipinski definition) is 4. The molecule has 0 aliphatic carbocycles. The lowest BCUT2D eigenvalue weighted by atomic mass is 10.0. The first-order chi connectivity index (χ1) is 12.6. The van der Waals surface area contributed by atoms with Gasteiger partial charge in [0.25, 0.3) is 0 Å². The van der Waals surface area contributed by atoms with Crippen LogP contribution in [0.4, 0.5) is 19.7 Å². The average molecular weight is 493 g/mol. The van der Waals surface area contributed by atoms with Crippen LogP contribution in [-0.2, 0) is 9.53 Å². The van der Waals surface area contributed by atoms with Crippen molar-refractivity contribution < 1.29 is 28.6 Å². The quantitative estimate of drug-likeness (QED) is 0.594. The van der Waals surface area contributed by atoms with Crippen LogP contribution in [0, 0.1) is 15.3 Å². The highest BCUT2D eigenvalue weighted by molar-refractivity contribution is 14.1. The second-order valence-electron chi connectivity index (χ2n) is 6.54. The number of anilines is 1. The van der Waals surface area contributed by atoms with Crippen molar-refractivity contribution in [2.75, 3.05) is 25.0 Å². The second-order valence-corrected chi connectivity index (χ2v) is 7.70. The molecule has 8 nitrogen and oxygen atoms in total. The lowest BCUT2D eigenvalue weighted by molar-refractivity contribution is -0.127. The second kappa shape index (κ2) is 8.72. The van der Waals surface area contributed by atoms with Crippen molar-refractivity contribution in [2.24, 2.45) is 5.92 Å². The van der Waals surface area contributed by atoms with E-state index < -0.39 is 36.1 Å². The Hall–Kier alpha value is -2.11. The van der Waals surface area contributed by atoms with Crippen molar-refractivity contribution in [3.8, 4) is 0 Å². The molecule has 0 saturated carbocycles. The standard InChI is InChI=1S/C17H21FIN3O5/c1-9(2)14(21(3)16(24)25)15(23)20-7-11-8-22(17(26)27-11)10-4-5-13(19)12(18)6-10/h4-6,9,11,14H,7-8H2,1-3H3,(H,20,23)(H,24,25)/t11-,14-/m0/s1. The molecule has 1 aliphatic rings. The van der Waals surface area contributed by atoms with Gasteiger partial charge in [-0.3, -0.25) is 14.6 Å². The van der Waals surface area contributed by atoms with Gasteiger partial charge in [0.1, 0.15) is 18.0 Å². The number of cyclic esters (lactones) is 1. The van der Waals surface area contributed by atoms with Gasteiger partial charge in [0, 0.05) is 10.6 Å². The maximum absolute atomic E-state index is 13.7. The molecule has 1 saturated heterocycles. The van der Waals surface area contributed by atoms with E-state index in [1.165, 1.54) is 18.0 Å². The van der Waals surface area contributed by atoms with E-state index in [1.54, 1.807) is 26.0 Å². The Morgan fingerprint density at radius 1 is 1.48 bits per heavy atom. The molecule has 2 atom stereocenters. The van der Waals surface area contributed by atoms with Crippen molar-refractivity contribution in [3.05, 3.63) is 27.6 Å². The normalized spacial score (nSPS) is 17.6. The van der Waals surface area contributed by atoms with Crippen molar-refractivity contribution in [2.45, 2.75) is 26.0 Å². The molecule has 27 heavy (non-hydrogen) atoms. The van der Waals surface area contributed by atoms with E-state index in [0.717, 1.165) is 4.90 Å². The molecule has 148 valence electrons. The zero-order valence-electron chi connectivity index (χ0n) is 15.1. The summed E-state index contributed by atoms with van der Waals surface area (Å²) in [5.74, 6) is -1.14. The fourth-order valence-corrected chi connectivity index (χ4v) is 3.19. The summed E-state index contributed by atoms with van der Waals surface area (Å²) in [5, 5.41) is 11.7. The summed E-state index contributed by atoms with van der Waals surface area (Å²) in [4.78, 5) is 37.8. The van der Waals surface area contributed by atoms with E-state index in [4.69, 9.17) is 9.84 Å². The molecule has 1 fully saturated rings. The van der Waals surface area contributed by atoms with Crippen molar-refractivity contribution in [1.82, 2.24) is 10.2 Å². The molecule has 1 heterocycles. The topological polar surface area (TPSA) is 99.2 Å². The Labute approximate surface area is 169 Å². The number of likely N-dealkylation sites (N-methyl/N-ethyl adjacent to an activating group) is 1. The van der Waals surface area contributed by atoms with E-state index in [2.05, 4.69) is 5.32 Å². The maximum Gasteiger partial charge on any atom is 0.414 e. The van der Waals surface area contributed by atoms with Crippen molar-refractivity contribution >= 4 is 46.4 Å². The third-order valence-electron chi connectivity index (χ3n) is 4.21. The third-order valence-corrected chi connectivity index (χ3v) is 5.09. The molecule has 3 amide bonds. The molecule has 0 bridgehead atoms. The number of nitrogens with one attached hydrogen (secondary N) is 1. The zero-order chi connectivity index (χ0) is 20.3. The Balaban J connectivity index is 1.98. The smallest absolute Gasteiger partial charge is 0.414 e. The number of amides is 3. The highest BCUT2D eigenvalue weighted by Crippen LogP contribution is 2.24. The lowest BCUT2D eigenvalue weighted by Crippen LogP contribution is -2.51. The highest BCUT2D eigenvalue weighted by atomic mass is 127. The van der Waals surface area contributed by atoms with Crippen LogP contribution in [0.15, 0.2) is 18.2 Å². The van der Waals surface area contributed by atoms with Gasteiger partial charge >= 0.3 is 12.2 Å². The van der Waals surface area contributed by atoms with Crippen LogP contribution in [0.2, 0.25) is 0 Å². The molecule has 1 aromatic carbocycles. The fourth-order valence-electron chi connectivity index (χ4n) is 2.86. The van der Waals surface area contributed by atoms with Gasteiger partial charge in [-0.05, 0) is 46.7 Å². The summed E-state index contributed by atoms with van der Waals surface area (Å²) >= 11 is 1.85. The van der Waals surface area contributed by atoms with Gasteiger partial charge < -0.3 is 15.2 Å². The summed E-state index contributed by atoms with van der Waals surface area (Å²) < 4.78 is 19.4. The number of hydrogen-bond donors (Lipinski definition) is 2. The summed E-state index contributed by atoms with van der Waals surface area (Å²) in [5.41, 5.74) is 0.373. The molecule has 0 unspecified atom stereocenters. The number of ether oxygens (including phenoxy) is 1. The number of benzene rings is 1. The van der Waals surface area contributed by atoms with Crippen LogP contribution in [-0.4, -0.2) is 60.4 Å². The minimum atomic E-state index is -1.21. The monoisotopic (exact) mass is 493 g/mol. The largest absolute Gasteiger partial charge is 0.465 e. The summed E-state index contributed by atoms with van der Waals surface area (Å²) in [6, 6.07) is 3.56. The molecule has 2 N–H and O–H groups in total. The Morgan fingerprint density at radius 3 is 2.70 bits per heavy atom. The number of halogens is 2. The number of nitrogens with zero attached hydrogens (tertiary/aromatic N) is 2. The molecule has 0 spiro atoms. The van der Waals surface area contributed by atoms with Crippen molar-refractivity contribution in [3.63, 3.8) is 0 Å². The molecular formula is C17H21FIN3O5. The van der Waals surface area contributed by atoms with E-state index in [9.17, 15) is 18.8 Å². The molecular weight excluding hydrogens is 472 g/mol.